The Labute approximate surface area is 228 Å². The van der Waals surface area contributed by atoms with Gasteiger partial charge in [0.15, 0.2) is 29.5 Å². The number of aliphatic carboxylic acids is 2. The summed E-state index contributed by atoms with van der Waals surface area (Å²) in [6.45, 7) is 0.651. The fourth-order valence-electron chi connectivity index (χ4n) is 6.88. The van der Waals surface area contributed by atoms with Gasteiger partial charge in [0.2, 0.25) is 0 Å². The number of benzene rings is 1. The Morgan fingerprint density at radius 2 is 1.85 bits per heavy atom. The number of carbonyl (C=O) groups excluding carboxylic acids is 2. The summed E-state index contributed by atoms with van der Waals surface area (Å²) in [5.41, 5.74) is -0.350. The Kier molecular flexibility index (Phi) is 6.89. The van der Waals surface area contributed by atoms with Crippen LogP contribution in [-0.4, -0.2) is 105 Å². The molecule has 0 saturated carbocycles. The van der Waals surface area contributed by atoms with Crippen molar-refractivity contribution < 1.29 is 58.9 Å². The number of ether oxygens (including phenoxy) is 3. The highest BCUT2D eigenvalue weighted by atomic mass is 16.6. The van der Waals surface area contributed by atoms with Gasteiger partial charge < -0.3 is 44.6 Å². The molecular weight excluding hydrogens is 530 g/mol. The van der Waals surface area contributed by atoms with Crippen LogP contribution in [0.3, 0.4) is 0 Å². The van der Waals surface area contributed by atoms with E-state index in [2.05, 4.69) is 4.90 Å². The molecule has 7 atom stereocenters. The predicted molar refractivity (Wildman–Crippen MR) is 133 cm³/mol. The number of ketones is 1. The lowest BCUT2D eigenvalue weighted by molar-refractivity contribution is -0.170. The molecule has 13 nitrogen and oxygen atoms in total. The highest BCUT2D eigenvalue weighted by Crippen LogP contribution is 2.65. The molecule has 0 aromatic heterocycles. The molecule has 13 heteroatoms. The number of likely N-dealkylation sites (tertiary alicyclic amines) is 1. The van der Waals surface area contributed by atoms with Gasteiger partial charge >= 0.3 is 17.9 Å². The summed E-state index contributed by atoms with van der Waals surface area (Å²) in [5, 5.41) is 49.7. The third-order valence-electron chi connectivity index (χ3n) is 8.88. The number of methoxy groups -OCH3 is 1. The van der Waals surface area contributed by atoms with Crippen molar-refractivity contribution in [3.05, 3.63) is 35.1 Å². The zero-order valence-electron chi connectivity index (χ0n) is 21.9. The van der Waals surface area contributed by atoms with Gasteiger partial charge in [-0.3, -0.25) is 14.4 Å². The van der Waals surface area contributed by atoms with Crippen LogP contribution in [0.2, 0.25) is 0 Å². The Bertz CT molecular complexity index is 1310. The molecular formula is C27H31NO12. The number of esters is 1. The molecule has 216 valence electrons. The van der Waals surface area contributed by atoms with Gasteiger partial charge in [-0.05, 0) is 44.1 Å². The Morgan fingerprint density at radius 1 is 1.12 bits per heavy atom. The normalized spacial score (nSPS) is 30.2. The lowest BCUT2D eigenvalue weighted by Gasteiger charge is -2.61. The summed E-state index contributed by atoms with van der Waals surface area (Å²) in [5.74, 6) is -6.23. The molecule has 2 aliphatic carbocycles. The fourth-order valence-corrected chi connectivity index (χ4v) is 6.88. The van der Waals surface area contributed by atoms with E-state index in [9.17, 15) is 39.6 Å². The second kappa shape index (κ2) is 9.84. The third-order valence-corrected chi connectivity index (χ3v) is 8.88. The largest absolute Gasteiger partial charge is 0.493 e. The summed E-state index contributed by atoms with van der Waals surface area (Å²) in [4.78, 5) is 49.9. The Balaban J connectivity index is 1.41. The molecule has 0 radical (unpaired) electrons. The number of carboxylic acid groups (broad SMARTS) is 2. The van der Waals surface area contributed by atoms with Crippen LogP contribution in [0.1, 0.15) is 36.8 Å². The lowest BCUT2D eigenvalue weighted by Crippen LogP contribution is -2.74. The van der Waals surface area contributed by atoms with Crippen LogP contribution in [0, 0.1) is 5.92 Å². The average molecular weight is 562 g/mol. The van der Waals surface area contributed by atoms with Crippen molar-refractivity contribution in [1.29, 1.82) is 0 Å². The second-order valence-corrected chi connectivity index (χ2v) is 10.9. The third kappa shape index (κ3) is 3.99. The topological polar surface area (TPSA) is 200 Å². The number of hydrogen-bond donors (Lipinski definition) is 5. The minimum absolute atomic E-state index is 0.112. The van der Waals surface area contributed by atoms with Gasteiger partial charge in [0.05, 0.1) is 30.5 Å². The molecule has 2 bridgehead atoms. The van der Waals surface area contributed by atoms with E-state index in [1.165, 1.54) is 7.11 Å². The summed E-state index contributed by atoms with van der Waals surface area (Å²) >= 11 is 0. The number of Topliss-reactive ketones (excluding diaryl/α,β-unsaturated/α-hetero) is 1. The number of aliphatic hydroxyl groups is 3. The molecule has 1 fully saturated rings. The van der Waals surface area contributed by atoms with Gasteiger partial charge in [-0.25, -0.2) is 4.79 Å². The van der Waals surface area contributed by atoms with Gasteiger partial charge in [0.25, 0.3) is 0 Å². The maximum atomic E-state index is 13.0. The minimum Gasteiger partial charge on any atom is -0.493 e. The van der Waals surface area contributed by atoms with Gasteiger partial charge in [-0.15, -0.1) is 0 Å². The van der Waals surface area contributed by atoms with Crippen LogP contribution in [0.15, 0.2) is 24.0 Å². The molecule has 1 aromatic carbocycles. The highest BCUT2D eigenvalue weighted by molar-refractivity contribution is 5.92. The molecule has 2 heterocycles. The number of likely N-dealkylation sites (N-methyl/N-ethyl adjacent to an activating group) is 1. The zero-order valence-corrected chi connectivity index (χ0v) is 21.9. The fraction of sp³-hybridized carbons (Fsp3) is 0.556. The van der Waals surface area contributed by atoms with Crippen molar-refractivity contribution in [2.75, 3.05) is 20.7 Å². The van der Waals surface area contributed by atoms with Crippen LogP contribution < -0.4 is 9.47 Å². The molecule has 1 spiro atoms. The Morgan fingerprint density at radius 3 is 2.50 bits per heavy atom. The van der Waals surface area contributed by atoms with E-state index >= 15 is 0 Å². The molecule has 0 amide bonds. The number of aliphatic hydroxyl groups excluding tert-OH is 2. The highest BCUT2D eigenvalue weighted by Gasteiger charge is 2.72. The standard InChI is InChI=1S/C27H31NO12/c1-28-8-7-26-19-12-3-4-15(38-2)22(19)40-23(26)16(5-6-27(26,37)17(28)10-12)39-18(30)11-13(24(33)34)9-14(29)20(31)21(32)25(35)36/h3-5,13,17,20-21,23,31-32,37H,6-11H2,1-2H3,(H,33,34)(H,35,36)/t13-,17-,20-,21+,23+,26+,27-/m0/s1. The van der Waals surface area contributed by atoms with Crippen LogP contribution >= 0.6 is 0 Å². The maximum absolute atomic E-state index is 13.0. The molecule has 4 aliphatic rings. The summed E-state index contributed by atoms with van der Waals surface area (Å²) < 4.78 is 17.5. The van der Waals surface area contributed by atoms with Crippen LogP contribution in [0.25, 0.3) is 0 Å². The molecule has 5 N–H and O–H groups in total. The number of carboxylic acids is 2. The molecule has 1 aromatic rings. The molecule has 40 heavy (non-hydrogen) atoms. The summed E-state index contributed by atoms with van der Waals surface area (Å²) in [6, 6.07) is 3.52. The lowest BCUT2D eigenvalue weighted by atomic mass is 9.50. The van der Waals surface area contributed by atoms with E-state index in [1.807, 2.05) is 13.1 Å². The predicted octanol–water partition coefficient (Wildman–Crippen LogP) is -0.627. The first-order chi connectivity index (χ1) is 18.9. The van der Waals surface area contributed by atoms with Gasteiger partial charge in [-0.2, -0.15) is 0 Å². The van der Waals surface area contributed by atoms with Gasteiger partial charge in [0.1, 0.15) is 11.9 Å². The monoisotopic (exact) mass is 561 g/mol. The van der Waals surface area contributed by atoms with Crippen molar-refractivity contribution in [2.24, 2.45) is 5.92 Å². The first-order valence-electron chi connectivity index (χ1n) is 12.9. The smallest absolute Gasteiger partial charge is 0.335 e. The zero-order chi connectivity index (χ0) is 29.1. The second-order valence-electron chi connectivity index (χ2n) is 10.9. The number of hydrogen-bond acceptors (Lipinski definition) is 11. The summed E-state index contributed by atoms with van der Waals surface area (Å²) in [7, 11) is 3.46. The van der Waals surface area contributed by atoms with E-state index < -0.39 is 71.8 Å². The van der Waals surface area contributed by atoms with E-state index in [-0.39, 0.29) is 18.2 Å². The van der Waals surface area contributed by atoms with Crippen LogP contribution in [0.5, 0.6) is 11.5 Å². The van der Waals surface area contributed by atoms with E-state index in [1.54, 1.807) is 12.1 Å². The van der Waals surface area contributed by atoms with Crippen molar-refractivity contribution in [1.82, 2.24) is 4.90 Å². The molecule has 1 saturated heterocycles. The first kappa shape index (κ1) is 28.0. The van der Waals surface area contributed by atoms with Crippen molar-refractivity contribution in [3.63, 3.8) is 0 Å². The maximum Gasteiger partial charge on any atom is 0.335 e. The van der Waals surface area contributed by atoms with Crippen LogP contribution in [-0.2, 0) is 35.8 Å². The van der Waals surface area contributed by atoms with Crippen molar-refractivity contribution >= 4 is 23.7 Å². The molecule has 0 unspecified atom stereocenters. The number of nitrogens with zero attached hydrogens (tertiary/aromatic N) is 1. The first-order valence-corrected chi connectivity index (χ1v) is 12.9. The minimum atomic E-state index is -2.43. The number of carbonyl (C=O) groups is 4. The van der Waals surface area contributed by atoms with Crippen molar-refractivity contribution in [2.45, 2.75) is 67.5 Å². The van der Waals surface area contributed by atoms with Gasteiger partial charge in [0, 0.05) is 24.4 Å². The van der Waals surface area contributed by atoms with E-state index in [0.29, 0.717) is 30.9 Å². The van der Waals surface area contributed by atoms with E-state index in [4.69, 9.17) is 19.3 Å². The SMILES string of the molecule is COc1ccc2c3c1O[C@@H]1C(OC(=O)C[C@H](CC(=O)[C@H](O)[C@@H](O)C(=O)O)C(=O)O)=CC[C@]4(O)[C@H](C2)N(C)CC[C@@]314. The van der Waals surface area contributed by atoms with Crippen LogP contribution in [0.4, 0.5) is 0 Å². The van der Waals surface area contributed by atoms with Gasteiger partial charge in [-0.1, -0.05) is 6.07 Å². The quantitative estimate of drug-likeness (QED) is 0.226. The van der Waals surface area contributed by atoms with E-state index in [0.717, 1.165) is 11.1 Å². The molecule has 2 aliphatic heterocycles. The molecule has 5 rings (SSSR count). The number of rotatable bonds is 10. The number of piperidine rings is 1. The summed E-state index contributed by atoms with van der Waals surface area (Å²) in [6.07, 6.45) is -4.54. The van der Waals surface area contributed by atoms with Crippen molar-refractivity contribution in [3.8, 4) is 11.5 Å². The Hall–Kier alpha value is -3.52. The average Bonchev–Trinajstić information content (AvgIpc) is 3.26.